The highest BCUT2D eigenvalue weighted by Gasteiger charge is 2.41. The minimum atomic E-state index is -0.231. The van der Waals surface area contributed by atoms with E-state index in [4.69, 9.17) is 4.74 Å². The van der Waals surface area contributed by atoms with Gasteiger partial charge in [-0.25, -0.2) is 0 Å². The molecule has 0 saturated carbocycles. The van der Waals surface area contributed by atoms with Crippen molar-refractivity contribution in [1.29, 1.82) is 0 Å². The Hall–Kier alpha value is -2.57. The molecule has 26 heavy (non-hydrogen) atoms. The summed E-state index contributed by atoms with van der Waals surface area (Å²) < 4.78 is 5.11. The molecule has 2 atom stereocenters. The van der Waals surface area contributed by atoms with Crippen LogP contribution in [-0.2, 0) is 9.59 Å². The van der Waals surface area contributed by atoms with Crippen LogP contribution in [0, 0.1) is 0 Å². The molecule has 140 valence electrons. The zero-order valence-corrected chi connectivity index (χ0v) is 15.2. The summed E-state index contributed by atoms with van der Waals surface area (Å²) in [4.78, 5) is 40.5. The first-order chi connectivity index (χ1) is 12.5. The minimum Gasteiger partial charge on any atom is -0.497 e. The molecule has 3 amide bonds. The lowest BCUT2D eigenvalue weighted by molar-refractivity contribution is -0.133. The van der Waals surface area contributed by atoms with Gasteiger partial charge in [0.2, 0.25) is 11.8 Å². The summed E-state index contributed by atoms with van der Waals surface area (Å²) >= 11 is 0. The average Bonchev–Trinajstić information content (AvgIpc) is 2.97. The first kappa shape index (κ1) is 18.2. The summed E-state index contributed by atoms with van der Waals surface area (Å²) in [6.45, 7) is 0.867. The van der Waals surface area contributed by atoms with E-state index in [1.807, 2.05) is 4.90 Å². The predicted octanol–water partition coefficient (Wildman–Crippen LogP) is 1.04. The lowest BCUT2D eigenvalue weighted by Crippen LogP contribution is -2.43. The molecule has 2 aliphatic rings. The molecule has 2 fully saturated rings. The number of rotatable bonds is 5. The number of ether oxygens (including phenoxy) is 1. The Kier molecular flexibility index (Phi) is 5.44. The van der Waals surface area contributed by atoms with E-state index in [0.29, 0.717) is 24.3 Å². The molecule has 1 aromatic rings. The average molecular weight is 359 g/mol. The van der Waals surface area contributed by atoms with E-state index < -0.39 is 0 Å². The number of likely N-dealkylation sites (tertiary alicyclic amines) is 1. The molecule has 0 aromatic heterocycles. The van der Waals surface area contributed by atoms with Crippen molar-refractivity contribution < 1.29 is 19.1 Å². The molecular formula is C19H25N3O4. The van der Waals surface area contributed by atoms with Crippen molar-refractivity contribution in [1.82, 2.24) is 15.1 Å². The van der Waals surface area contributed by atoms with Gasteiger partial charge in [0.05, 0.1) is 7.11 Å². The summed E-state index contributed by atoms with van der Waals surface area (Å²) in [6.07, 6.45) is 2.45. The van der Waals surface area contributed by atoms with Gasteiger partial charge in [0.15, 0.2) is 0 Å². The number of hydrogen-bond acceptors (Lipinski definition) is 4. The number of amides is 3. The highest BCUT2D eigenvalue weighted by molar-refractivity contribution is 5.94. The minimum absolute atomic E-state index is 0.000893. The van der Waals surface area contributed by atoms with Gasteiger partial charge >= 0.3 is 0 Å². The molecule has 2 bridgehead atoms. The van der Waals surface area contributed by atoms with Crippen molar-refractivity contribution in [3.63, 3.8) is 0 Å². The molecule has 1 N–H and O–H groups in total. The molecule has 2 saturated heterocycles. The van der Waals surface area contributed by atoms with Crippen LogP contribution in [0.2, 0.25) is 0 Å². The molecule has 0 unspecified atom stereocenters. The lowest BCUT2D eigenvalue weighted by atomic mass is 10.1. The van der Waals surface area contributed by atoms with Crippen molar-refractivity contribution in [2.75, 3.05) is 27.2 Å². The zero-order valence-electron chi connectivity index (χ0n) is 15.2. The van der Waals surface area contributed by atoms with Gasteiger partial charge in [0, 0.05) is 50.6 Å². The summed E-state index contributed by atoms with van der Waals surface area (Å²) in [7, 11) is 3.34. The maximum atomic E-state index is 12.7. The Morgan fingerprint density at radius 1 is 1.27 bits per heavy atom. The van der Waals surface area contributed by atoms with Crippen molar-refractivity contribution in [2.45, 2.75) is 37.8 Å². The normalized spacial score (nSPS) is 22.2. The summed E-state index contributed by atoms with van der Waals surface area (Å²) in [5.74, 6) is 0.488. The van der Waals surface area contributed by atoms with Crippen LogP contribution in [0.15, 0.2) is 24.3 Å². The maximum Gasteiger partial charge on any atom is 0.251 e. The van der Waals surface area contributed by atoms with E-state index in [2.05, 4.69) is 5.32 Å². The van der Waals surface area contributed by atoms with Crippen LogP contribution in [0.3, 0.4) is 0 Å². The van der Waals surface area contributed by atoms with Crippen molar-refractivity contribution in [3.8, 4) is 5.75 Å². The molecule has 0 aliphatic carbocycles. The SMILES string of the molecule is COc1cccc(C(=O)NCCC(=O)N2[C@@H]3CC[C@H]2CN(C)C(=O)C3)c1. The number of fused-ring (bicyclic) bond motifs is 2. The molecule has 7 nitrogen and oxygen atoms in total. The second-order valence-corrected chi connectivity index (χ2v) is 6.90. The second kappa shape index (κ2) is 7.76. The fraction of sp³-hybridized carbons (Fsp3) is 0.526. The van der Waals surface area contributed by atoms with Crippen LogP contribution < -0.4 is 10.1 Å². The number of hydrogen-bond donors (Lipinski definition) is 1. The molecular weight excluding hydrogens is 334 g/mol. The molecule has 0 radical (unpaired) electrons. The van der Waals surface area contributed by atoms with E-state index in [0.717, 1.165) is 12.8 Å². The van der Waals surface area contributed by atoms with Gasteiger partial charge in [-0.3, -0.25) is 14.4 Å². The van der Waals surface area contributed by atoms with Crippen LogP contribution in [0.4, 0.5) is 0 Å². The quantitative estimate of drug-likeness (QED) is 0.852. The molecule has 0 spiro atoms. The van der Waals surface area contributed by atoms with Crippen LogP contribution in [0.5, 0.6) is 5.75 Å². The van der Waals surface area contributed by atoms with E-state index >= 15 is 0 Å². The van der Waals surface area contributed by atoms with Crippen LogP contribution in [-0.4, -0.2) is 66.9 Å². The number of methoxy groups -OCH3 is 1. The standard InChI is InChI=1S/C19H25N3O4/c1-21-12-15-7-6-14(11-18(21)24)22(15)17(23)8-9-20-19(25)13-4-3-5-16(10-13)26-2/h3-5,10,14-15H,6-9,11-12H2,1-2H3,(H,20,25)/t14-,15+/m1/s1. The molecule has 2 heterocycles. The van der Waals surface area contributed by atoms with Gasteiger partial charge < -0.3 is 19.9 Å². The molecule has 1 aromatic carbocycles. The summed E-state index contributed by atoms with van der Waals surface area (Å²) in [6, 6.07) is 6.98. The van der Waals surface area contributed by atoms with E-state index in [9.17, 15) is 14.4 Å². The Morgan fingerprint density at radius 2 is 2.04 bits per heavy atom. The Balaban J connectivity index is 1.54. The Morgan fingerprint density at radius 3 is 2.81 bits per heavy atom. The van der Waals surface area contributed by atoms with Crippen LogP contribution in [0.1, 0.15) is 36.0 Å². The summed E-state index contributed by atoms with van der Waals surface area (Å²) in [5, 5.41) is 2.78. The largest absolute Gasteiger partial charge is 0.497 e. The Bertz CT molecular complexity index is 706. The van der Waals surface area contributed by atoms with Gasteiger partial charge in [-0.2, -0.15) is 0 Å². The summed E-state index contributed by atoms with van der Waals surface area (Å²) in [5.41, 5.74) is 0.499. The smallest absolute Gasteiger partial charge is 0.251 e. The first-order valence-electron chi connectivity index (χ1n) is 8.97. The maximum absolute atomic E-state index is 12.7. The number of likely N-dealkylation sites (N-methyl/N-ethyl adjacent to an activating group) is 1. The van der Waals surface area contributed by atoms with E-state index in [-0.39, 0.29) is 42.8 Å². The number of carbonyl (C=O) groups excluding carboxylic acids is 3. The van der Waals surface area contributed by atoms with Gasteiger partial charge in [-0.1, -0.05) is 6.07 Å². The number of nitrogens with zero attached hydrogens (tertiary/aromatic N) is 2. The third-order valence-corrected chi connectivity index (χ3v) is 5.18. The Labute approximate surface area is 153 Å². The molecule has 7 heteroatoms. The van der Waals surface area contributed by atoms with Crippen molar-refractivity contribution in [3.05, 3.63) is 29.8 Å². The van der Waals surface area contributed by atoms with Gasteiger partial charge in [-0.15, -0.1) is 0 Å². The fourth-order valence-corrected chi connectivity index (χ4v) is 3.80. The second-order valence-electron chi connectivity index (χ2n) is 6.90. The van der Waals surface area contributed by atoms with Crippen LogP contribution in [0.25, 0.3) is 0 Å². The topological polar surface area (TPSA) is 79.0 Å². The first-order valence-corrected chi connectivity index (χ1v) is 8.97. The van der Waals surface area contributed by atoms with Gasteiger partial charge in [0.1, 0.15) is 5.75 Å². The van der Waals surface area contributed by atoms with Gasteiger partial charge in [0.25, 0.3) is 5.91 Å². The zero-order chi connectivity index (χ0) is 18.7. The third-order valence-electron chi connectivity index (χ3n) is 5.18. The highest BCUT2D eigenvalue weighted by Crippen LogP contribution is 2.30. The van der Waals surface area contributed by atoms with Crippen LogP contribution >= 0.6 is 0 Å². The molecule has 2 aliphatic heterocycles. The van der Waals surface area contributed by atoms with E-state index in [1.165, 1.54) is 0 Å². The third kappa shape index (κ3) is 3.81. The van der Waals surface area contributed by atoms with Crippen molar-refractivity contribution >= 4 is 17.7 Å². The van der Waals surface area contributed by atoms with E-state index in [1.54, 1.807) is 43.3 Å². The lowest BCUT2D eigenvalue weighted by Gasteiger charge is -2.28. The number of nitrogens with one attached hydrogen (secondary N) is 1. The molecule has 3 rings (SSSR count). The van der Waals surface area contributed by atoms with Gasteiger partial charge in [-0.05, 0) is 31.0 Å². The highest BCUT2D eigenvalue weighted by atomic mass is 16.5. The monoisotopic (exact) mass is 359 g/mol. The fourth-order valence-electron chi connectivity index (χ4n) is 3.80. The predicted molar refractivity (Wildman–Crippen MR) is 95.9 cm³/mol. The van der Waals surface area contributed by atoms with Crippen molar-refractivity contribution in [2.24, 2.45) is 0 Å². The number of benzene rings is 1. The number of carbonyl (C=O) groups is 3.